The SMILES string of the molecule is C=CC[C@]1(C(=O)NNCc2ccc3c(c2)OCO3)N=C(c2ccc(OCCCO)cc2)O[C@H]1c1cccc(OC)c1. The van der Waals surface area contributed by atoms with Gasteiger partial charge in [-0.1, -0.05) is 24.3 Å². The van der Waals surface area contributed by atoms with E-state index in [-0.39, 0.29) is 25.7 Å². The minimum atomic E-state index is -1.35. The minimum Gasteiger partial charge on any atom is -0.497 e. The van der Waals surface area contributed by atoms with Gasteiger partial charge in [-0.15, -0.1) is 6.58 Å². The molecule has 5 rings (SSSR count). The van der Waals surface area contributed by atoms with Crippen LogP contribution >= 0.6 is 0 Å². The third kappa shape index (κ3) is 6.13. The van der Waals surface area contributed by atoms with Gasteiger partial charge in [0.2, 0.25) is 12.7 Å². The normalized spacial score (nSPS) is 18.8. The number of ether oxygens (including phenoxy) is 5. The van der Waals surface area contributed by atoms with Crippen molar-refractivity contribution >= 4 is 11.8 Å². The molecular weight excluding hydrogens is 526 g/mol. The Morgan fingerprint density at radius 2 is 1.95 bits per heavy atom. The van der Waals surface area contributed by atoms with E-state index in [0.717, 1.165) is 11.1 Å². The van der Waals surface area contributed by atoms with Crippen LogP contribution < -0.4 is 29.8 Å². The van der Waals surface area contributed by atoms with Gasteiger partial charge in [0.15, 0.2) is 23.1 Å². The number of rotatable bonds is 13. The zero-order chi connectivity index (χ0) is 28.7. The molecule has 2 aliphatic heterocycles. The summed E-state index contributed by atoms with van der Waals surface area (Å²) in [5.74, 6) is 2.61. The van der Waals surface area contributed by atoms with Gasteiger partial charge in [-0.25, -0.2) is 10.4 Å². The van der Waals surface area contributed by atoms with Crippen LogP contribution in [0.25, 0.3) is 0 Å². The number of hydrazine groups is 1. The van der Waals surface area contributed by atoms with Crippen molar-refractivity contribution in [2.24, 2.45) is 4.99 Å². The van der Waals surface area contributed by atoms with Gasteiger partial charge in [-0.2, -0.15) is 0 Å². The molecule has 0 saturated heterocycles. The molecule has 0 unspecified atom stereocenters. The van der Waals surface area contributed by atoms with Gasteiger partial charge in [0.1, 0.15) is 11.5 Å². The molecule has 2 atom stereocenters. The van der Waals surface area contributed by atoms with Gasteiger partial charge in [0.25, 0.3) is 5.91 Å². The second-order valence-corrected chi connectivity index (χ2v) is 9.55. The van der Waals surface area contributed by atoms with E-state index < -0.39 is 11.6 Å². The van der Waals surface area contributed by atoms with Crippen molar-refractivity contribution in [2.75, 3.05) is 27.1 Å². The molecule has 41 heavy (non-hydrogen) atoms. The molecule has 214 valence electrons. The first-order valence-electron chi connectivity index (χ1n) is 13.3. The van der Waals surface area contributed by atoms with Crippen molar-refractivity contribution in [3.8, 4) is 23.0 Å². The number of nitrogens with zero attached hydrogens (tertiary/aromatic N) is 1. The number of carbonyl (C=O) groups excluding carboxylic acids is 1. The molecule has 0 saturated carbocycles. The largest absolute Gasteiger partial charge is 0.497 e. The lowest BCUT2D eigenvalue weighted by Crippen LogP contribution is -2.52. The van der Waals surface area contributed by atoms with Crippen LogP contribution in [0, 0.1) is 0 Å². The van der Waals surface area contributed by atoms with Crippen LogP contribution in [0.2, 0.25) is 0 Å². The molecule has 3 aromatic carbocycles. The zero-order valence-corrected chi connectivity index (χ0v) is 22.8. The smallest absolute Gasteiger partial charge is 0.266 e. The van der Waals surface area contributed by atoms with Gasteiger partial charge in [-0.3, -0.25) is 10.2 Å². The number of aliphatic imine (C=N–C) groups is 1. The summed E-state index contributed by atoms with van der Waals surface area (Å²) in [5.41, 5.74) is 6.85. The predicted octanol–water partition coefficient (Wildman–Crippen LogP) is 3.84. The highest BCUT2D eigenvalue weighted by Crippen LogP contribution is 2.43. The first kappa shape index (κ1) is 28.0. The van der Waals surface area contributed by atoms with Crippen molar-refractivity contribution in [2.45, 2.75) is 31.0 Å². The highest BCUT2D eigenvalue weighted by atomic mass is 16.7. The van der Waals surface area contributed by atoms with Gasteiger partial charge < -0.3 is 28.8 Å². The molecule has 0 bridgehead atoms. The molecule has 0 spiro atoms. The molecule has 1 amide bonds. The van der Waals surface area contributed by atoms with Crippen LogP contribution in [0.4, 0.5) is 0 Å². The Hall–Kier alpha value is -4.54. The Kier molecular flexibility index (Phi) is 8.71. The van der Waals surface area contributed by atoms with E-state index in [0.29, 0.717) is 54.0 Å². The summed E-state index contributed by atoms with van der Waals surface area (Å²) in [6, 6.07) is 20.3. The van der Waals surface area contributed by atoms with E-state index in [9.17, 15) is 4.79 Å². The summed E-state index contributed by atoms with van der Waals surface area (Å²) >= 11 is 0. The van der Waals surface area contributed by atoms with E-state index in [1.807, 2.05) is 54.6 Å². The average molecular weight is 560 g/mol. The lowest BCUT2D eigenvalue weighted by molar-refractivity contribution is -0.129. The van der Waals surface area contributed by atoms with E-state index in [2.05, 4.69) is 17.4 Å². The predicted molar refractivity (Wildman–Crippen MR) is 152 cm³/mol. The van der Waals surface area contributed by atoms with Crippen LogP contribution in [0.3, 0.4) is 0 Å². The molecule has 0 aliphatic carbocycles. The lowest BCUT2D eigenvalue weighted by atomic mass is 9.84. The van der Waals surface area contributed by atoms with Crippen LogP contribution in [0.1, 0.15) is 35.6 Å². The van der Waals surface area contributed by atoms with Gasteiger partial charge in [-0.05, 0) is 59.7 Å². The third-order valence-electron chi connectivity index (χ3n) is 6.81. The van der Waals surface area contributed by atoms with E-state index in [4.69, 9.17) is 33.8 Å². The number of hydrogen-bond donors (Lipinski definition) is 3. The topological polar surface area (TPSA) is 120 Å². The maximum atomic E-state index is 13.9. The molecule has 0 fully saturated rings. The molecule has 3 N–H and O–H groups in total. The number of fused-ring (bicyclic) bond motifs is 1. The Morgan fingerprint density at radius 1 is 1.12 bits per heavy atom. The molecule has 2 aliphatic rings. The fourth-order valence-electron chi connectivity index (χ4n) is 4.73. The van der Waals surface area contributed by atoms with E-state index in [1.165, 1.54) is 0 Å². The summed E-state index contributed by atoms with van der Waals surface area (Å²) in [7, 11) is 1.59. The number of amides is 1. The minimum absolute atomic E-state index is 0.0629. The van der Waals surface area contributed by atoms with Crippen LogP contribution in [-0.4, -0.2) is 49.6 Å². The van der Waals surface area contributed by atoms with E-state index >= 15 is 0 Å². The Balaban J connectivity index is 1.40. The molecule has 10 heteroatoms. The van der Waals surface area contributed by atoms with Crippen molar-refractivity contribution in [3.05, 3.63) is 96.1 Å². The van der Waals surface area contributed by atoms with Gasteiger partial charge in [0, 0.05) is 31.6 Å². The van der Waals surface area contributed by atoms with Crippen LogP contribution in [0.15, 0.2) is 84.4 Å². The summed E-state index contributed by atoms with van der Waals surface area (Å²) in [6.45, 7) is 4.93. The van der Waals surface area contributed by atoms with Crippen molar-refractivity contribution in [1.29, 1.82) is 0 Å². The first-order chi connectivity index (χ1) is 20.1. The number of hydrogen-bond acceptors (Lipinski definition) is 9. The third-order valence-corrected chi connectivity index (χ3v) is 6.81. The fourth-order valence-corrected chi connectivity index (χ4v) is 4.73. The molecule has 3 aromatic rings. The van der Waals surface area contributed by atoms with Crippen molar-refractivity contribution in [1.82, 2.24) is 10.9 Å². The highest BCUT2D eigenvalue weighted by molar-refractivity contribution is 6.01. The number of aliphatic hydroxyl groups excluding tert-OH is 1. The molecular formula is C31H33N3O7. The Morgan fingerprint density at radius 3 is 2.73 bits per heavy atom. The van der Waals surface area contributed by atoms with Crippen LogP contribution in [-0.2, 0) is 16.1 Å². The highest BCUT2D eigenvalue weighted by Gasteiger charge is 2.52. The number of carbonyl (C=O) groups is 1. The van der Waals surface area contributed by atoms with Crippen molar-refractivity contribution < 1.29 is 33.6 Å². The van der Waals surface area contributed by atoms with E-state index in [1.54, 1.807) is 25.3 Å². The monoisotopic (exact) mass is 559 g/mol. The quantitative estimate of drug-likeness (QED) is 0.164. The van der Waals surface area contributed by atoms with Gasteiger partial charge >= 0.3 is 0 Å². The van der Waals surface area contributed by atoms with Crippen molar-refractivity contribution in [3.63, 3.8) is 0 Å². The average Bonchev–Trinajstić information content (AvgIpc) is 3.63. The Bertz CT molecular complexity index is 1410. The molecule has 0 aromatic heterocycles. The van der Waals surface area contributed by atoms with Gasteiger partial charge in [0.05, 0.1) is 13.7 Å². The molecule has 2 heterocycles. The summed E-state index contributed by atoms with van der Waals surface area (Å²) in [6.07, 6.45) is 1.68. The summed E-state index contributed by atoms with van der Waals surface area (Å²) < 4.78 is 28.3. The Labute approximate surface area is 238 Å². The maximum Gasteiger partial charge on any atom is 0.266 e. The zero-order valence-electron chi connectivity index (χ0n) is 22.8. The molecule has 0 radical (unpaired) electrons. The number of nitrogens with one attached hydrogen (secondary N) is 2. The molecule has 10 nitrogen and oxygen atoms in total. The maximum absolute atomic E-state index is 13.9. The number of aliphatic hydroxyl groups is 1. The number of benzene rings is 3. The summed E-state index contributed by atoms with van der Waals surface area (Å²) in [5, 5.41) is 8.99. The fraction of sp³-hybridized carbons (Fsp3) is 0.290. The standard InChI is InChI=1S/C31H33N3O7/c1-3-14-31(30(36)34-32-19-21-8-13-26-27(17-21)40-20-39-26)28(23-6-4-7-25(18-23)37-2)41-29(33-31)22-9-11-24(12-10-22)38-16-5-15-35/h3-4,6-13,17-18,28,32,35H,1,5,14-16,19-20H2,2H3,(H,34,36)/t28-,31-/m0/s1. The van der Waals surface area contributed by atoms with Crippen LogP contribution in [0.5, 0.6) is 23.0 Å². The second-order valence-electron chi connectivity index (χ2n) is 9.55. The second kappa shape index (κ2) is 12.8. The summed E-state index contributed by atoms with van der Waals surface area (Å²) in [4.78, 5) is 18.8. The first-order valence-corrected chi connectivity index (χ1v) is 13.3. The lowest BCUT2D eigenvalue weighted by Gasteiger charge is -2.29. The number of methoxy groups -OCH3 is 1.